The molecule has 2 aromatic rings. The standard InChI is InChI=1S/C16H19ClN2O/c1-11(2)18-10-14-5-4-6-16(19-14)20-15-9-13(17)8-7-12(15)3/h4-9,11,18H,10H2,1-3H3. The minimum absolute atomic E-state index is 0.427. The topological polar surface area (TPSA) is 34.1 Å². The summed E-state index contributed by atoms with van der Waals surface area (Å²) in [5, 5.41) is 3.99. The molecule has 1 aromatic heterocycles. The average molecular weight is 291 g/mol. The van der Waals surface area contributed by atoms with Gasteiger partial charge in [-0.25, -0.2) is 4.98 Å². The number of aryl methyl sites for hydroxylation is 1. The SMILES string of the molecule is Cc1ccc(Cl)cc1Oc1cccc(CNC(C)C)n1. The highest BCUT2D eigenvalue weighted by molar-refractivity contribution is 6.30. The molecule has 0 radical (unpaired) electrons. The number of ether oxygens (including phenoxy) is 1. The predicted octanol–water partition coefficient (Wildman–Crippen LogP) is 4.33. The van der Waals surface area contributed by atoms with Gasteiger partial charge in [-0.3, -0.25) is 0 Å². The smallest absolute Gasteiger partial charge is 0.219 e. The van der Waals surface area contributed by atoms with Gasteiger partial charge in [-0.05, 0) is 30.7 Å². The third kappa shape index (κ3) is 4.22. The van der Waals surface area contributed by atoms with Crippen LogP contribution in [0.3, 0.4) is 0 Å². The summed E-state index contributed by atoms with van der Waals surface area (Å²) in [4.78, 5) is 4.48. The Morgan fingerprint density at radius 2 is 2.05 bits per heavy atom. The van der Waals surface area contributed by atoms with Gasteiger partial charge in [0.25, 0.3) is 0 Å². The van der Waals surface area contributed by atoms with Crippen LogP contribution in [0, 0.1) is 6.92 Å². The van der Waals surface area contributed by atoms with Gasteiger partial charge in [0, 0.05) is 23.7 Å². The molecule has 1 heterocycles. The van der Waals surface area contributed by atoms with E-state index in [1.165, 1.54) is 0 Å². The van der Waals surface area contributed by atoms with Gasteiger partial charge < -0.3 is 10.1 Å². The van der Waals surface area contributed by atoms with E-state index >= 15 is 0 Å². The molecular formula is C16H19ClN2O. The molecule has 1 N–H and O–H groups in total. The Labute approximate surface area is 124 Å². The second-order valence-electron chi connectivity index (χ2n) is 5.01. The minimum atomic E-state index is 0.427. The highest BCUT2D eigenvalue weighted by Gasteiger charge is 2.05. The summed E-state index contributed by atoms with van der Waals surface area (Å²) < 4.78 is 5.81. The first-order chi connectivity index (χ1) is 9.54. The van der Waals surface area contributed by atoms with Gasteiger partial charge in [0.05, 0.1) is 5.69 Å². The predicted molar refractivity (Wildman–Crippen MR) is 82.5 cm³/mol. The second kappa shape index (κ2) is 6.73. The highest BCUT2D eigenvalue weighted by atomic mass is 35.5. The molecule has 20 heavy (non-hydrogen) atoms. The number of rotatable bonds is 5. The van der Waals surface area contributed by atoms with E-state index in [4.69, 9.17) is 16.3 Å². The zero-order valence-corrected chi connectivity index (χ0v) is 12.7. The Hall–Kier alpha value is -1.58. The number of halogens is 1. The van der Waals surface area contributed by atoms with Crippen molar-refractivity contribution >= 4 is 11.6 Å². The van der Waals surface area contributed by atoms with E-state index in [2.05, 4.69) is 24.1 Å². The maximum Gasteiger partial charge on any atom is 0.219 e. The summed E-state index contributed by atoms with van der Waals surface area (Å²) in [7, 11) is 0. The van der Waals surface area contributed by atoms with Crippen LogP contribution in [0.2, 0.25) is 5.02 Å². The lowest BCUT2D eigenvalue weighted by Crippen LogP contribution is -2.22. The molecular weight excluding hydrogens is 272 g/mol. The lowest BCUT2D eigenvalue weighted by atomic mass is 10.2. The Bertz CT molecular complexity index is 584. The third-order valence-electron chi connectivity index (χ3n) is 2.84. The fourth-order valence-corrected chi connectivity index (χ4v) is 1.88. The van der Waals surface area contributed by atoms with Gasteiger partial charge in [0.2, 0.25) is 5.88 Å². The van der Waals surface area contributed by atoms with E-state index in [0.29, 0.717) is 16.9 Å². The van der Waals surface area contributed by atoms with Crippen molar-refractivity contribution in [1.82, 2.24) is 10.3 Å². The lowest BCUT2D eigenvalue weighted by Gasteiger charge is -2.11. The molecule has 1 aromatic carbocycles. The normalized spacial score (nSPS) is 10.8. The number of hydrogen-bond acceptors (Lipinski definition) is 3. The van der Waals surface area contributed by atoms with Crippen molar-refractivity contribution in [3.63, 3.8) is 0 Å². The monoisotopic (exact) mass is 290 g/mol. The number of nitrogens with zero attached hydrogens (tertiary/aromatic N) is 1. The van der Waals surface area contributed by atoms with Crippen molar-refractivity contribution in [3.8, 4) is 11.6 Å². The summed E-state index contributed by atoms with van der Waals surface area (Å²) in [6.45, 7) is 6.92. The van der Waals surface area contributed by atoms with E-state index in [0.717, 1.165) is 23.6 Å². The van der Waals surface area contributed by atoms with Crippen LogP contribution < -0.4 is 10.1 Å². The van der Waals surface area contributed by atoms with Crippen molar-refractivity contribution < 1.29 is 4.74 Å². The summed E-state index contributed by atoms with van der Waals surface area (Å²) in [5.41, 5.74) is 1.98. The van der Waals surface area contributed by atoms with Crippen molar-refractivity contribution in [2.45, 2.75) is 33.4 Å². The van der Waals surface area contributed by atoms with Crippen LogP contribution in [0.5, 0.6) is 11.6 Å². The van der Waals surface area contributed by atoms with Crippen LogP contribution in [0.25, 0.3) is 0 Å². The lowest BCUT2D eigenvalue weighted by molar-refractivity contribution is 0.455. The van der Waals surface area contributed by atoms with Crippen LogP contribution in [0.1, 0.15) is 25.1 Å². The quantitative estimate of drug-likeness (QED) is 0.890. The second-order valence-corrected chi connectivity index (χ2v) is 5.45. The zero-order chi connectivity index (χ0) is 14.5. The van der Waals surface area contributed by atoms with E-state index in [-0.39, 0.29) is 0 Å². The van der Waals surface area contributed by atoms with Gasteiger partial charge in [-0.1, -0.05) is 37.6 Å². The van der Waals surface area contributed by atoms with Crippen molar-refractivity contribution in [2.24, 2.45) is 0 Å². The maximum absolute atomic E-state index is 5.99. The fraction of sp³-hybridized carbons (Fsp3) is 0.312. The van der Waals surface area contributed by atoms with E-state index < -0.39 is 0 Å². The largest absolute Gasteiger partial charge is 0.439 e. The first kappa shape index (κ1) is 14.8. The van der Waals surface area contributed by atoms with E-state index in [1.54, 1.807) is 6.07 Å². The summed E-state index contributed by atoms with van der Waals surface area (Å²) in [6, 6.07) is 11.8. The van der Waals surface area contributed by atoms with Crippen molar-refractivity contribution in [1.29, 1.82) is 0 Å². The number of nitrogens with one attached hydrogen (secondary N) is 1. The molecule has 3 nitrogen and oxygen atoms in total. The van der Waals surface area contributed by atoms with E-state index in [9.17, 15) is 0 Å². The van der Waals surface area contributed by atoms with E-state index in [1.807, 2.05) is 37.3 Å². The summed E-state index contributed by atoms with van der Waals surface area (Å²) in [6.07, 6.45) is 0. The van der Waals surface area contributed by atoms with Crippen molar-refractivity contribution in [2.75, 3.05) is 0 Å². The van der Waals surface area contributed by atoms with Gasteiger partial charge >= 0.3 is 0 Å². The van der Waals surface area contributed by atoms with Gasteiger partial charge in [0.1, 0.15) is 5.75 Å². The summed E-state index contributed by atoms with van der Waals surface area (Å²) >= 11 is 5.99. The molecule has 0 amide bonds. The average Bonchev–Trinajstić information content (AvgIpc) is 2.41. The molecule has 0 fully saturated rings. The zero-order valence-electron chi connectivity index (χ0n) is 12.0. The highest BCUT2D eigenvalue weighted by Crippen LogP contribution is 2.26. The van der Waals surface area contributed by atoms with Crippen LogP contribution in [-0.4, -0.2) is 11.0 Å². The molecule has 0 saturated heterocycles. The Morgan fingerprint density at radius 1 is 1.25 bits per heavy atom. The Balaban J connectivity index is 2.13. The van der Waals surface area contributed by atoms with Crippen LogP contribution in [0.15, 0.2) is 36.4 Å². The van der Waals surface area contributed by atoms with Crippen LogP contribution in [-0.2, 0) is 6.54 Å². The number of hydrogen-bond donors (Lipinski definition) is 1. The molecule has 0 unspecified atom stereocenters. The first-order valence-electron chi connectivity index (χ1n) is 6.68. The van der Waals surface area contributed by atoms with Gasteiger partial charge in [-0.2, -0.15) is 0 Å². The number of aromatic nitrogens is 1. The Kier molecular flexibility index (Phi) is 4.99. The minimum Gasteiger partial charge on any atom is -0.439 e. The maximum atomic E-state index is 5.99. The Morgan fingerprint density at radius 3 is 2.80 bits per heavy atom. The molecule has 0 aliphatic carbocycles. The number of benzene rings is 1. The summed E-state index contributed by atoms with van der Waals surface area (Å²) in [5.74, 6) is 1.32. The van der Waals surface area contributed by atoms with Gasteiger partial charge in [-0.15, -0.1) is 0 Å². The fourth-order valence-electron chi connectivity index (χ4n) is 1.72. The molecule has 0 aliphatic rings. The van der Waals surface area contributed by atoms with Crippen molar-refractivity contribution in [3.05, 3.63) is 52.7 Å². The molecule has 0 spiro atoms. The van der Waals surface area contributed by atoms with Crippen LogP contribution >= 0.6 is 11.6 Å². The first-order valence-corrected chi connectivity index (χ1v) is 7.05. The van der Waals surface area contributed by atoms with Gasteiger partial charge in [0.15, 0.2) is 0 Å². The molecule has 4 heteroatoms. The number of pyridine rings is 1. The third-order valence-corrected chi connectivity index (χ3v) is 3.07. The molecule has 0 saturated carbocycles. The molecule has 0 aliphatic heterocycles. The molecule has 0 atom stereocenters. The van der Waals surface area contributed by atoms with Crippen LogP contribution in [0.4, 0.5) is 0 Å². The molecule has 0 bridgehead atoms. The molecule has 2 rings (SSSR count). The molecule has 106 valence electrons.